The van der Waals surface area contributed by atoms with E-state index >= 15 is 0 Å². The SMILES string of the molecule is CCC[C@@H]([C@@H](CC(C)C)C(=O)N[C@H](C(=O)Nc1nccs1)[C@@H](C)CC)N(O)C=O. The highest BCUT2D eigenvalue weighted by Crippen LogP contribution is 2.24. The highest BCUT2D eigenvalue weighted by molar-refractivity contribution is 7.13. The van der Waals surface area contributed by atoms with Gasteiger partial charge in [-0.3, -0.25) is 19.6 Å². The predicted molar refractivity (Wildman–Crippen MR) is 113 cm³/mol. The van der Waals surface area contributed by atoms with E-state index < -0.39 is 18.0 Å². The normalized spacial score (nSPS) is 15.3. The van der Waals surface area contributed by atoms with Gasteiger partial charge in [0.25, 0.3) is 0 Å². The molecule has 1 heterocycles. The Labute approximate surface area is 177 Å². The molecule has 0 unspecified atom stereocenters. The van der Waals surface area contributed by atoms with Crippen LogP contribution in [0.3, 0.4) is 0 Å². The van der Waals surface area contributed by atoms with E-state index in [1.807, 2.05) is 34.6 Å². The second kappa shape index (κ2) is 12.5. The first-order valence-corrected chi connectivity index (χ1v) is 11.1. The Kier molecular flexibility index (Phi) is 10.8. The minimum absolute atomic E-state index is 0.0977. The molecule has 1 rings (SSSR count). The molecule has 0 aromatic carbocycles. The van der Waals surface area contributed by atoms with Crippen LogP contribution >= 0.6 is 11.3 Å². The van der Waals surface area contributed by atoms with Gasteiger partial charge in [-0.25, -0.2) is 10.0 Å². The van der Waals surface area contributed by atoms with Gasteiger partial charge in [0, 0.05) is 11.6 Å². The minimum atomic E-state index is -0.739. The lowest BCUT2D eigenvalue weighted by Crippen LogP contribution is -2.53. The molecule has 3 amide bonds. The van der Waals surface area contributed by atoms with Gasteiger partial charge in [0.2, 0.25) is 18.2 Å². The largest absolute Gasteiger partial charge is 0.344 e. The van der Waals surface area contributed by atoms with E-state index in [1.54, 1.807) is 11.6 Å². The summed E-state index contributed by atoms with van der Waals surface area (Å²) < 4.78 is 0. The summed E-state index contributed by atoms with van der Waals surface area (Å²) in [5.74, 6) is -1.20. The number of nitrogens with zero attached hydrogens (tertiary/aromatic N) is 2. The number of hydrogen-bond donors (Lipinski definition) is 3. The third-order valence-electron chi connectivity index (χ3n) is 5.01. The summed E-state index contributed by atoms with van der Waals surface area (Å²) in [4.78, 5) is 41.2. The zero-order valence-corrected chi connectivity index (χ0v) is 18.7. The van der Waals surface area contributed by atoms with Crippen LogP contribution in [0.2, 0.25) is 0 Å². The van der Waals surface area contributed by atoms with Crippen LogP contribution in [0.5, 0.6) is 0 Å². The molecule has 29 heavy (non-hydrogen) atoms. The van der Waals surface area contributed by atoms with Crippen molar-refractivity contribution >= 4 is 34.7 Å². The molecule has 0 bridgehead atoms. The number of rotatable bonds is 13. The highest BCUT2D eigenvalue weighted by atomic mass is 32.1. The average molecular weight is 427 g/mol. The van der Waals surface area contributed by atoms with Crippen molar-refractivity contribution in [3.05, 3.63) is 11.6 Å². The summed E-state index contributed by atoms with van der Waals surface area (Å²) in [5.41, 5.74) is 0. The molecule has 0 saturated carbocycles. The van der Waals surface area contributed by atoms with Gasteiger partial charge < -0.3 is 10.6 Å². The van der Waals surface area contributed by atoms with E-state index in [0.29, 0.717) is 42.3 Å². The third-order valence-corrected chi connectivity index (χ3v) is 5.70. The van der Waals surface area contributed by atoms with Crippen LogP contribution in [-0.2, 0) is 14.4 Å². The van der Waals surface area contributed by atoms with Crippen molar-refractivity contribution in [2.45, 2.75) is 72.4 Å². The molecule has 164 valence electrons. The zero-order valence-electron chi connectivity index (χ0n) is 17.9. The molecule has 0 fully saturated rings. The Hall–Kier alpha value is -2.00. The lowest BCUT2D eigenvalue weighted by molar-refractivity contribution is -0.169. The quantitative estimate of drug-likeness (QED) is 0.255. The summed E-state index contributed by atoms with van der Waals surface area (Å²) in [5, 5.41) is 18.5. The standard InChI is InChI=1S/C20H34N4O4S/c1-6-8-16(24(28)12-25)15(11-13(3)4)18(26)22-17(14(5)7-2)19(27)23-20-21-9-10-29-20/h9-10,12-17,28H,6-8,11H2,1-5H3,(H,22,26)(H,21,23,27)/t14-,15+,16-,17-/m0/s1. The Balaban J connectivity index is 3.06. The van der Waals surface area contributed by atoms with Crippen LogP contribution in [-0.4, -0.2) is 45.6 Å². The first kappa shape index (κ1) is 25.0. The van der Waals surface area contributed by atoms with Gasteiger partial charge in [-0.1, -0.05) is 47.5 Å². The Morgan fingerprint density at radius 1 is 1.28 bits per heavy atom. The lowest BCUT2D eigenvalue weighted by Gasteiger charge is -2.33. The number of carbonyl (C=O) groups excluding carboxylic acids is 3. The first-order valence-electron chi connectivity index (χ1n) is 10.2. The smallest absolute Gasteiger partial charge is 0.249 e. The highest BCUT2D eigenvalue weighted by Gasteiger charge is 2.35. The van der Waals surface area contributed by atoms with Crippen LogP contribution in [0.4, 0.5) is 5.13 Å². The Morgan fingerprint density at radius 3 is 2.45 bits per heavy atom. The van der Waals surface area contributed by atoms with E-state index in [9.17, 15) is 19.6 Å². The number of aromatic nitrogens is 1. The van der Waals surface area contributed by atoms with Crippen molar-refractivity contribution < 1.29 is 19.6 Å². The summed E-state index contributed by atoms with van der Waals surface area (Å²) in [6.07, 6.45) is 4.31. The van der Waals surface area contributed by atoms with Crippen molar-refractivity contribution in [1.82, 2.24) is 15.4 Å². The third kappa shape index (κ3) is 7.74. The molecule has 1 aromatic rings. The van der Waals surface area contributed by atoms with Gasteiger partial charge in [-0.05, 0) is 24.7 Å². The van der Waals surface area contributed by atoms with Crippen molar-refractivity contribution in [3.63, 3.8) is 0 Å². The molecule has 0 spiro atoms. The maximum Gasteiger partial charge on any atom is 0.249 e. The molecule has 0 aliphatic carbocycles. The van der Waals surface area contributed by atoms with Crippen LogP contribution in [0.15, 0.2) is 11.6 Å². The second-order valence-electron chi connectivity index (χ2n) is 7.78. The van der Waals surface area contributed by atoms with Crippen molar-refractivity contribution in [1.29, 1.82) is 0 Å². The fourth-order valence-corrected chi connectivity index (χ4v) is 3.80. The number of carbonyl (C=O) groups is 3. The van der Waals surface area contributed by atoms with E-state index in [1.165, 1.54) is 11.3 Å². The summed E-state index contributed by atoms with van der Waals surface area (Å²) in [6.45, 7) is 9.74. The van der Waals surface area contributed by atoms with Crippen LogP contribution < -0.4 is 10.6 Å². The minimum Gasteiger partial charge on any atom is -0.344 e. The molecule has 9 heteroatoms. The fraction of sp³-hybridized carbons (Fsp3) is 0.700. The second-order valence-corrected chi connectivity index (χ2v) is 8.67. The molecule has 0 saturated heterocycles. The molecule has 4 atom stereocenters. The summed E-state index contributed by atoms with van der Waals surface area (Å²) in [6, 6.07) is -1.38. The molecule has 3 N–H and O–H groups in total. The lowest BCUT2D eigenvalue weighted by atomic mass is 9.86. The average Bonchev–Trinajstić information content (AvgIpc) is 3.19. The predicted octanol–water partition coefficient (Wildman–Crippen LogP) is 3.29. The topological polar surface area (TPSA) is 112 Å². The maximum atomic E-state index is 13.2. The van der Waals surface area contributed by atoms with E-state index in [4.69, 9.17) is 0 Å². The number of amides is 3. The van der Waals surface area contributed by atoms with Gasteiger partial charge >= 0.3 is 0 Å². The Bertz CT molecular complexity index is 638. The first-order chi connectivity index (χ1) is 13.7. The van der Waals surface area contributed by atoms with Crippen LogP contribution in [0, 0.1) is 17.8 Å². The number of anilines is 1. The number of hydroxylamine groups is 2. The zero-order chi connectivity index (χ0) is 22.0. The Morgan fingerprint density at radius 2 is 1.97 bits per heavy atom. The van der Waals surface area contributed by atoms with Crippen molar-refractivity contribution in [3.8, 4) is 0 Å². The molecular formula is C20H34N4O4S. The van der Waals surface area contributed by atoms with E-state index in [0.717, 1.165) is 0 Å². The van der Waals surface area contributed by atoms with Crippen LogP contribution in [0.1, 0.15) is 60.3 Å². The molecule has 8 nitrogen and oxygen atoms in total. The van der Waals surface area contributed by atoms with Gasteiger partial charge in [0.05, 0.1) is 12.0 Å². The summed E-state index contributed by atoms with van der Waals surface area (Å²) >= 11 is 1.31. The van der Waals surface area contributed by atoms with Gasteiger partial charge in [0.15, 0.2) is 5.13 Å². The summed E-state index contributed by atoms with van der Waals surface area (Å²) in [7, 11) is 0. The van der Waals surface area contributed by atoms with Gasteiger partial charge in [0.1, 0.15) is 6.04 Å². The van der Waals surface area contributed by atoms with E-state index in [2.05, 4.69) is 15.6 Å². The van der Waals surface area contributed by atoms with Crippen LogP contribution in [0.25, 0.3) is 0 Å². The maximum absolute atomic E-state index is 13.2. The number of nitrogens with one attached hydrogen (secondary N) is 2. The monoisotopic (exact) mass is 426 g/mol. The molecular weight excluding hydrogens is 392 g/mol. The molecule has 1 aromatic heterocycles. The van der Waals surface area contributed by atoms with Gasteiger partial charge in [-0.15, -0.1) is 11.3 Å². The fourth-order valence-electron chi connectivity index (χ4n) is 3.27. The van der Waals surface area contributed by atoms with Gasteiger partial charge in [-0.2, -0.15) is 0 Å². The molecule has 0 radical (unpaired) electrons. The molecule has 0 aliphatic heterocycles. The molecule has 0 aliphatic rings. The number of thiazole rings is 1. The van der Waals surface area contributed by atoms with Crippen molar-refractivity contribution in [2.24, 2.45) is 17.8 Å². The van der Waals surface area contributed by atoms with Crippen molar-refractivity contribution in [2.75, 3.05) is 5.32 Å². The van der Waals surface area contributed by atoms with E-state index in [-0.39, 0.29) is 23.7 Å². The number of hydrogen-bond acceptors (Lipinski definition) is 6.